The van der Waals surface area contributed by atoms with Crippen LogP contribution in [0.3, 0.4) is 0 Å². The molecule has 1 aromatic heterocycles. The van der Waals surface area contributed by atoms with Gasteiger partial charge in [-0.05, 0) is 60.6 Å². The van der Waals surface area contributed by atoms with Crippen LogP contribution in [0.1, 0.15) is 48.5 Å². The first-order valence-electron chi connectivity index (χ1n) is 8.81. The second-order valence-electron chi connectivity index (χ2n) is 8.81. The number of halogens is 2. The molecule has 0 bridgehead atoms. The zero-order valence-corrected chi connectivity index (χ0v) is 17.4. The van der Waals surface area contributed by atoms with Crippen molar-refractivity contribution in [1.82, 2.24) is 4.57 Å². The van der Waals surface area contributed by atoms with E-state index in [0.29, 0.717) is 16.4 Å². The van der Waals surface area contributed by atoms with E-state index in [2.05, 4.69) is 0 Å². The largest absolute Gasteiger partial charge is 0.497 e. The minimum absolute atomic E-state index is 0.110. The van der Waals surface area contributed by atoms with Crippen molar-refractivity contribution < 1.29 is 23.2 Å². The monoisotopic (exact) mass is 395 g/mol. The van der Waals surface area contributed by atoms with Crippen LogP contribution >= 0.6 is 11.6 Å². The summed E-state index contributed by atoms with van der Waals surface area (Å²) >= 11 is 6.26. The number of rotatable bonds is 1. The quantitative estimate of drug-likeness (QED) is 0.666. The predicted octanol–water partition coefficient (Wildman–Crippen LogP) is 4.52. The van der Waals surface area contributed by atoms with Gasteiger partial charge in [0.15, 0.2) is 0 Å². The molecule has 0 atom stereocenters. The average molecular weight is 396 g/mol. The van der Waals surface area contributed by atoms with Crippen LogP contribution in [0.2, 0.25) is 5.02 Å². The number of nitrogens with zero attached hydrogens (tertiary/aromatic N) is 1. The summed E-state index contributed by atoms with van der Waals surface area (Å²) in [4.78, 5) is 12.7. The Morgan fingerprint density at radius 2 is 1.74 bits per heavy atom. The number of ether oxygens (including phenoxy) is 1. The van der Waals surface area contributed by atoms with Gasteiger partial charge in [0.05, 0.1) is 21.7 Å². The van der Waals surface area contributed by atoms with E-state index in [0.717, 1.165) is 0 Å². The van der Waals surface area contributed by atoms with Gasteiger partial charge in [0.25, 0.3) is 0 Å². The molecule has 0 N–H and O–H groups in total. The topological polar surface area (TPSA) is 49.7 Å². The summed E-state index contributed by atoms with van der Waals surface area (Å²) in [5, 5.41) is 0.558. The Morgan fingerprint density at radius 1 is 1.19 bits per heavy atom. The lowest BCUT2D eigenvalue weighted by Gasteiger charge is -2.32. The average Bonchev–Trinajstić information content (AvgIpc) is 2.92. The molecule has 0 amide bonds. The van der Waals surface area contributed by atoms with Gasteiger partial charge in [-0.2, -0.15) is 0 Å². The first kappa shape index (κ1) is 20.2. The smallest absolute Gasteiger partial charge is 0.443 e. The van der Waals surface area contributed by atoms with Gasteiger partial charge in [0.2, 0.25) is 0 Å². The normalized spacial score (nSPS) is 18.9. The molecule has 5 nitrogen and oxygen atoms in total. The molecule has 1 aliphatic rings. The zero-order valence-electron chi connectivity index (χ0n) is 16.6. The van der Waals surface area contributed by atoms with Gasteiger partial charge in [-0.3, -0.25) is 4.57 Å². The summed E-state index contributed by atoms with van der Waals surface area (Å²) in [6, 6.07) is 2.49. The molecular formula is C19H24BClFNO4. The van der Waals surface area contributed by atoms with Gasteiger partial charge >= 0.3 is 13.2 Å². The van der Waals surface area contributed by atoms with Crippen LogP contribution in [0.25, 0.3) is 10.9 Å². The Morgan fingerprint density at radius 3 is 2.26 bits per heavy atom. The molecule has 1 aliphatic heterocycles. The Hall–Kier alpha value is -1.57. The molecular weight excluding hydrogens is 371 g/mol. The molecule has 0 spiro atoms. The van der Waals surface area contributed by atoms with Gasteiger partial charge < -0.3 is 14.0 Å². The van der Waals surface area contributed by atoms with E-state index < -0.39 is 35.8 Å². The molecule has 1 saturated heterocycles. The number of carbonyl (C=O) groups excluding carboxylic acids is 1. The highest BCUT2D eigenvalue weighted by atomic mass is 35.5. The lowest BCUT2D eigenvalue weighted by atomic mass is 9.79. The van der Waals surface area contributed by atoms with E-state index in [1.165, 1.54) is 16.7 Å². The highest BCUT2D eigenvalue weighted by Crippen LogP contribution is 2.37. The number of carbonyl (C=O) groups is 1. The maximum atomic E-state index is 14.1. The van der Waals surface area contributed by atoms with Gasteiger partial charge in [-0.15, -0.1) is 0 Å². The molecule has 146 valence electrons. The number of hydrogen-bond donors (Lipinski definition) is 0. The lowest BCUT2D eigenvalue weighted by Crippen LogP contribution is -2.41. The summed E-state index contributed by atoms with van der Waals surface area (Å²) in [5.74, 6) is -0.507. The first-order chi connectivity index (χ1) is 12.2. The molecule has 8 heteroatoms. The highest BCUT2D eigenvalue weighted by molar-refractivity contribution is 6.65. The highest BCUT2D eigenvalue weighted by Gasteiger charge is 2.52. The van der Waals surface area contributed by atoms with E-state index in [9.17, 15) is 9.18 Å². The predicted molar refractivity (Wildman–Crippen MR) is 104 cm³/mol. The van der Waals surface area contributed by atoms with Crippen LogP contribution in [0.5, 0.6) is 0 Å². The Kier molecular flexibility index (Phi) is 4.65. The molecule has 0 unspecified atom stereocenters. The van der Waals surface area contributed by atoms with Crippen molar-refractivity contribution in [2.75, 3.05) is 0 Å². The third-order valence-corrected chi connectivity index (χ3v) is 5.23. The summed E-state index contributed by atoms with van der Waals surface area (Å²) in [7, 11) is -0.765. The minimum atomic E-state index is -0.765. The zero-order chi connectivity index (χ0) is 20.4. The first-order valence-corrected chi connectivity index (χ1v) is 9.19. The third kappa shape index (κ3) is 3.60. The fourth-order valence-electron chi connectivity index (χ4n) is 2.92. The SMILES string of the molecule is CC(C)(C)OC(=O)n1cc(B2OC(C)(C)C(C)(C)O2)c2cc(F)cc(Cl)c21. The number of hydrogen-bond acceptors (Lipinski definition) is 4. The van der Waals surface area contributed by atoms with Gasteiger partial charge in [-0.1, -0.05) is 11.6 Å². The molecule has 2 heterocycles. The molecule has 0 saturated carbocycles. The number of aromatic nitrogens is 1. The number of benzene rings is 1. The van der Waals surface area contributed by atoms with Crippen molar-refractivity contribution in [2.45, 2.75) is 65.3 Å². The molecule has 0 radical (unpaired) electrons. The minimum Gasteiger partial charge on any atom is -0.443 e. The summed E-state index contributed by atoms with van der Waals surface area (Å²) in [6.45, 7) is 13.0. The van der Waals surface area contributed by atoms with Crippen LogP contribution in [0.4, 0.5) is 9.18 Å². The van der Waals surface area contributed by atoms with Crippen LogP contribution < -0.4 is 5.46 Å². The van der Waals surface area contributed by atoms with Crippen LogP contribution in [-0.2, 0) is 14.0 Å². The standard InChI is InChI=1S/C19H24BClFNO4/c1-17(2,3)25-16(24)23-10-13(12-8-11(22)9-14(21)15(12)23)20-26-18(4,5)19(6,7)27-20/h8-10H,1-7H3. The molecule has 1 fully saturated rings. The van der Waals surface area contributed by atoms with E-state index in [1.54, 1.807) is 27.0 Å². The second-order valence-corrected chi connectivity index (χ2v) is 9.21. The Balaban J connectivity index is 2.16. The summed E-state index contributed by atoms with van der Waals surface area (Å²) in [5.41, 5.74) is -0.956. The van der Waals surface area contributed by atoms with E-state index >= 15 is 0 Å². The van der Waals surface area contributed by atoms with Gasteiger partial charge in [0, 0.05) is 17.0 Å². The van der Waals surface area contributed by atoms with E-state index in [-0.39, 0.29) is 5.02 Å². The van der Waals surface area contributed by atoms with Crippen LogP contribution in [-0.4, -0.2) is 34.6 Å². The van der Waals surface area contributed by atoms with Crippen LogP contribution in [0, 0.1) is 5.82 Å². The molecule has 27 heavy (non-hydrogen) atoms. The van der Waals surface area contributed by atoms with Crippen molar-refractivity contribution >= 4 is 41.2 Å². The summed E-state index contributed by atoms with van der Waals surface area (Å²) in [6.07, 6.45) is 0.940. The van der Waals surface area contributed by atoms with Crippen molar-refractivity contribution in [3.8, 4) is 0 Å². The fourth-order valence-corrected chi connectivity index (χ4v) is 3.21. The van der Waals surface area contributed by atoms with Crippen molar-refractivity contribution in [3.63, 3.8) is 0 Å². The van der Waals surface area contributed by atoms with E-state index in [4.69, 9.17) is 25.6 Å². The van der Waals surface area contributed by atoms with Gasteiger partial charge in [-0.25, -0.2) is 9.18 Å². The van der Waals surface area contributed by atoms with Crippen molar-refractivity contribution in [3.05, 3.63) is 29.2 Å². The second kappa shape index (κ2) is 6.22. The molecule has 3 rings (SSSR count). The summed E-state index contributed by atoms with van der Waals surface area (Å²) < 4.78 is 33.0. The van der Waals surface area contributed by atoms with Gasteiger partial charge in [0.1, 0.15) is 11.4 Å². The third-order valence-electron chi connectivity index (χ3n) is 4.95. The number of fused-ring (bicyclic) bond motifs is 1. The molecule has 1 aromatic carbocycles. The Bertz CT molecular complexity index is 901. The molecule has 0 aliphatic carbocycles. The fraction of sp³-hybridized carbons (Fsp3) is 0.526. The van der Waals surface area contributed by atoms with E-state index in [1.807, 2.05) is 27.7 Å². The molecule has 2 aromatic rings. The lowest BCUT2D eigenvalue weighted by molar-refractivity contribution is 0.00578. The Labute approximate surface area is 163 Å². The van der Waals surface area contributed by atoms with Crippen molar-refractivity contribution in [2.24, 2.45) is 0 Å². The van der Waals surface area contributed by atoms with Crippen LogP contribution in [0.15, 0.2) is 18.3 Å². The van der Waals surface area contributed by atoms with Crippen molar-refractivity contribution in [1.29, 1.82) is 0 Å². The maximum Gasteiger partial charge on any atom is 0.497 e. The maximum absolute atomic E-state index is 14.1.